The van der Waals surface area contributed by atoms with E-state index in [0.29, 0.717) is 11.3 Å². The van der Waals surface area contributed by atoms with Gasteiger partial charge in [-0.15, -0.1) is 10.2 Å². The molecule has 1 saturated heterocycles. The van der Waals surface area contributed by atoms with Crippen LogP contribution in [0.25, 0.3) is 0 Å². The molecular formula is C22H32N4O2. The van der Waals surface area contributed by atoms with E-state index < -0.39 is 0 Å². The minimum Gasteiger partial charge on any atom is -0.497 e. The molecule has 1 atom stereocenters. The third-order valence-electron chi connectivity index (χ3n) is 6.75. The molecule has 4 rings (SSSR count). The number of hydrogen-bond donors (Lipinski definition) is 0. The highest BCUT2D eigenvalue weighted by Crippen LogP contribution is 2.52. The zero-order valence-corrected chi connectivity index (χ0v) is 17.4. The minimum absolute atomic E-state index is 0.331. The van der Waals surface area contributed by atoms with Crippen LogP contribution in [0.2, 0.25) is 0 Å². The maximum atomic E-state index is 5.64. The number of nitrogens with zero attached hydrogens (tertiary/aromatic N) is 4. The van der Waals surface area contributed by atoms with Crippen LogP contribution in [0.15, 0.2) is 24.5 Å². The van der Waals surface area contributed by atoms with Gasteiger partial charge in [-0.2, -0.15) is 0 Å². The molecule has 2 aromatic rings. The van der Waals surface area contributed by atoms with Crippen molar-refractivity contribution in [3.05, 3.63) is 35.9 Å². The quantitative estimate of drug-likeness (QED) is 0.757. The topological polar surface area (TPSA) is 52.4 Å². The fourth-order valence-electron chi connectivity index (χ4n) is 5.31. The van der Waals surface area contributed by atoms with Crippen molar-refractivity contribution in [3.8, 4) is 11.5 Å². The molecule has 6 nitrogen and oxygen atoms in total. The first-order valence-electron chi connectivity index (χ1n) is 10.5. The van der Waals surface area contributed by atoms with Crippen molar-refractivity contribution in [1.29, 1.82) is 0 Å². The lowest BCUT2D eigenvalue weighted by Gasteiger charge is -2.38. The Hall–Kier alpha value is -2.08. The van der Waals surface area contributed by atoms with Gasteiger partial charge >= 0.3 is 0 Å². The maximum absolute atomic E-state index is 5.64. The average Bonchev–Trinajstić information content (AvgIpc) is 3.33. The molecule has 0 N–H and O–H groups in total. The number of methoxy groups -OCH3 is 2. The molecule has 2 fully saturated rings. The van der Waals surface area contributed by atoms with Gasteiger partial charge in [-0.1, -0.05) is 25.3 Å². The van der Waals surface area contributed by atoms with E-state index in [-0.39, 0.29) is 0 Å². The van der Waals surface area contributed by atoms with Crippen LogP contribution in [0.3, 0.4) is 0 Å². The van der Waals surface area contributed by atoms with Crippen molar-refractivity contribution in [1.82, 2.24) is 19.7 Å². The Morgan fingerprint density at radius 1 is 1.14 bits per heavy atom. The molecule has 1 unspecified atom stereocenters. The van der Waals surface area contributed by atoms with E-state index in [1.54, 1.807) is 14.2 Å². The van der Waals surface area contributed by atoms with E-state index in [0.717, 1.165) is 37.7 Å². The van der Waals surface area contributed by atoms with E-state index in [9.17, 15) is 0 Å². The van der Waals surface area contributed by atoms with Crippen LogP contribution < -0.4 is 9.47 Å². The molecule has 152 valence electrons. The summed E-state index contributed by atoms with van der Waals surface area (Å²) in [6.07, 6.45) is 8.50. The van der Waals surface area contributed by atoms with Crippen molar-refractivity contribution in [3.63, 3.8) is 0 Å². The second-order valence-corrected chi connectivity index (χ2v) is 8.30. The molecule has 0 bridgehead atoms. The molecule has 28 heavy (non-hydrogen) atoms. The Morgan fingerprint density at radius 3 is 2.68 bits per heavy atom. The molecule has 0 radical (unpaired) electrons. The zero-order valence-electron chi connectivity index (χ0n) is 17.4. The van der Waals surface area contributed by atoms with Crippen molar-refractivity contribution in [2.75, 3.05) is 27.3 Å². The second-order valence-electron chi connectivity index (χ2n) is 8.30. The number of rotatable bonds is 6. The third-order valence-corrected chi connectivity index (χ3v) is 6.75. The highest BCUT2D eigenvalue weighted by Gasteiger charge is 2.49. The lowest BCUT2D eigenvalue weighted by molar-refractivity contribution is 0.163. The summed E-state index contributed by atoms with van der Waals surface area (Å²) in [6, 6.07) is 6.13. The standard InChI is InChI=1S/C22H32N4O2/c1-4-26-16-23-24-21(26)19-14-25(15-22(19)10-6-5-7-11-22)13-17-8-9-18(27-2)12-20(17)28-3/h8-9,12,16,19H,4-7,10-11,13-15H2,1-3H3. The van der Waals surface area contributed by atoms with Crippen LogP contribution in [-0.2, 0) is 13.1 Å². The molecule has 2 heterocycles. The van der Waals surface area contributed by atoms with Gasteiger partial charge in [0.25, 0.3) is 0 Å². The number of likely N-dealkylation sites (tertiary alicyclic amines) is 1. The molecule has 1 aliphatic carbocycles. The Morgan fingerprint density at radius 2 is 1.96 bits per heavy atom. The number of hydrogen-bond acceptors (Lipinski definition) is 5. The summed E-state index contributed by atoms with van der Waals surface area (Å²) in [5.74, 6) is 3.37. The number of aryl methyl sites for hydroxylation is 1. The number of aromatic nitrogens is 3. The Kier molecular flexibility index (Phi) is 5.58. The molecule has 1 spiro atoms. The van der Waals surface area contributed by atoms with Gasteiger partial charge in [0.2, 0.25) is 0 Å². The number of benzene rings is 1. The lowest BCUT2D eigenvalue weighted by atomic mass is 9.67. The Balaban J connectivity index is 1.60. The normalized spacial score (nSPS) is 21.9. The molecule has 1 aromatic carbocycles. The van der Waals surface area contributed by atoms with E-state index in [1.165, 1.54) is 43.5 Å². The summed E-state index contributed by atoms with van der Waals surface area (Å²) in [5.41, 5.74) is 1.55. The van der Waals surface area contributed by atoms with Crippen LogP contribution in [0, 0.1) is 5.41 Å². The fraction of sp³-hybridized carbons (Fsp3) is 0.636. The molecular weight excluding hydrogens is 352 g/mol. The zero-order chi connectivity index (χ0) is 19.6. The van der Waals surface area contributed by atoms with Gasteiger partial charge < -0.3 is 14.0 Å². The predicted molar refractivity (Wildman–Crippen MR) is 109 cm³/mol. The molecule has 1 saturated carbocycles. The SMILES string of the molecule is CCn1cnnc1C1CN(Cc2ccc(OC)cc2OC)CC12CCCCC2. The maximum Gasteiger partial charge on any atom is 0.137 e. The molecule has 0 amide bonds. The molecule has 1 aromatic heterocycles. The average molecular weight is 385 g/mol. The summed E-state index contributed by atoms with van der Waals surface area (Å²) in [7, 11) is 3.42. The van der Waals surface area contributed by atoms with Crippen molar-refractivity contribution >= 4 is 0 Å². The van der Waals surface area contributed by atoms with E-state index in [4.69, 9.17) is 9.47 Å². The summed E-state index contributed by atoms with van der Waals surface area (Å²) in [4.78, 5) is 2.59. The first-order chi connectivity index (χ1) is 13.7. The molecule has 6 heteroatoms. The van der Waals surface area contributed by atoms with E-state index in [2.05, 4.69) is 32.7 Å². The summed E-state index contributed by atoms with van der Waals surface area (Å²) in [5, 5.41) is 8.79. The summed E-state index contributed by atoms with van der Waals surface area (Å²) < 4.78 is 13.2. The highest BCUT2D eigenvalue weighted by molar-refractivity contribution is 5.40. The van der Waals surface area contributed by atoms with E-state index >= 15 is 0 Å². The lowest BCUT2D eigenvalue weighted by Crippen LogP contribution is -2.33. The van der Waals surface area contributed by atoms with Crippen LogP contribution in [0.1, 0.15) is 56.3 Å². The van der Waals surface area contributed by atoms with Gasteiger partial charge in [-0.25, -0.2) is 0 Å². The monoisotopic (exact) mass is 384 g/mol. The third kappa shape index (κ3) is 3.50. The van der Waals surface area contributed by atoms with Crippen LogP contribution in [0.5, 0.6) is 11.5 Å². The summed E-state index contributed by atoms with van der Waals surface area (Å²) >= 11 is 0. The number of ether oxygens (including phenoxy) is 2. The van der Waals surface area contributed by atoms with Crippen molar-refractivity contribution in [2.24, 2.45) is 5.41 Å². The molecule has 1 aliphatic heterocycles. The van der Waals surface area contributed by atoms with Gasteiger partial charge in [-0.05, 0) is 31.2 Å². The van der Waals surface area contributed by atoms with Crippen LogP contribution >= 0.6 is 0 Å². The second kappa shape index (κ2) is 8.11. The Bertz CT molecular complexity index is 798. The van der Waals surface area contributed by atoms with Crippen molar-refractivity contribution < 1.29 is 9.47 Å². The largest absolute Gasteiger partial charge is 0.497 e. The molecule has 2 aliphatic rings. The van der Waals surface area contributed by atoms with Gasteiger partial charge in [0.05, 0.1) is 14.2 Å². The van der Waals surface area contributed by atoms with Gasteiger partial charge in [-0.3, -0.25) is 4.90 Å². The summed E-state index contributed by atoms with van der Waals surface area (Å²) in [6.45, 7) is 6.17. The van der Waals surface area contributed by atoms with Crippen LogP contribution in [-0.4, -0.2) is 47.0 Å². The predicted octanol–water partition coefficient (Wildman–Crippen LogP) is 3.87. The highest BCUT2D eigenvalue weighted by atomic mass is 16.5. The fourth-order valence-corrected chi connectivity index (χ4v) is 5.31. The Labute approximate surface area is 167 Å². The van der Waals surface area contributed by atoms with Crippen molar-refractivity contribution in [2.45, 2.75) is 58.0 Å². The minimum atomic E-state index is 0.331. The van der Waals surface area contributed by atoms with Gasteiger partial charge in [0.15, 0.2) is 0 Å². The van der Waals surface area contributed by atoms with Gasteiger partial charge in [0, 0.05) is 43.7 Å². The van der Waals surface area contributed by atoms with E-state index in [1.807, 2.05) is 18.5 Å². The smallest absolute Gasteiger partial charge is 0.137 e. The van der Waals surface area contributed by atoms with Gasteiger partial charge in [0.1, 0.15) is 23.7 Å². The van der Waals surface area contributed by atoms with Crippen LogP contribution in [0.4, 0.5) is 0 Å². The first-order valence-corrected chi connectivity index (χ1v) is 10.5. The first kappa shape index (κ1) is 19.2.